The molecule has 0 fully saturated rings. The second-order valence-corrected chi connectivity index (χ2v) is 7.22. The molecule has 4 heteroatoms. The maximum absolute atomic E-state index is 6.26. The average Bonchev–Trinajstić information content (AvgIpc) is 2.99. The summed E-state index contributed by atoms with van der Waals surface area (Å²) < 4.78 is 2.35. The van der Waals surface area contributed by atoms with Gasteiger partial charge in [0.1, 0.15) is 11.3 Å². The van der Waals surface area contributed by atoms with E-state index in [1.807, 2.05) is 12.1 Å². The topological polar surface area (TPSA) is 56.7 Å². The summed E-state index contributed by atoms with van der Waals surface area (Å²) in [6.07, 6.45) is 1.89. The molecule has 2 heterocycles. The van der Waals surface area contributed by atoms with Gasteiger partial charge in [-0.05, 0) is 24.0 Å². The number of benzene rings is 2. The molecule has 0 aliphatic heterocycles. The van der Waals surface area contributed by atoms with Crippen LogP contribution in [-0.4, -0.2) is 14.5 Å². The molecule has 0 bridgehead atoms. The second kappa shape index (κ2) is 6.79. The van der Waals surface area contributed by atoms with Gasteiger partial charge in [0.15, 0.2) is 5.82 Å². The summed E-state index contributed by atoms with van der Waals surface area (Å²) in [7, 11) is 0. The molecule has 2 aromatic heterocycles. The number of hydrogen-bond donors (Lipinski definition) is 1. The first-order chi connectivity index (χ1) is 12.6. The molecule has 0 saturated heterocycles. The van der Waals surface area contributed by atoms with Crippen molar-refractivity contribution in [3.63, 3.8) is 0 Å². The number of aryl methyl sites for hydroxylation is 2. The van der Waals surface area contributed by atoms with Gasteiger partial charge in [0.25, 0.3) is 0 Å². The van der Waals surface area contributed by atoms with Gasteiger partial charge in [-0.3, -0.25) is 0 Å². The average molecular weight is 344 g/mol. The minimum atomic E-state index is 0.516. The Hall–Kier alpha value is -2.88. The van der Waals surface area contributed by atoms with Crippen molar-refractivity contribution in [2.24, 2.45) is 5.92 Å². The smallest absolute Gasteiger partial charge is 0.152 e. The number of para-hydroxylation sites is 1. The summed E-state index contributed by atoms with van der Waals surface area (Å²) in [6.45, 7) is 5.33. The lowest BCUT2D eigenvalue weighted by molar-refractivity contribution is 0.579. The molecule has 4 nitrogen and oxygen atoms in total. The lowest BCUT2D eigenvalue weighted by atomic mass is 10.1. The monoisotopic (exact) mass is 344 g/mol. The summed E-state index contributed by atoms with van der Waals surface area (Å²) in [6, 6.07) is 18.8. The van der Waals surface area contributed by atoms with Crippen molar-refractivity contribution < 1.29 is 0 Å². The summed E-state index contributed by atoms with van der Waals surface area (Å²) >= 11 is 0. The molecule has 0 amide bonds. The van der Waals surface area contributed by atoms with Crippen LogP contribution >= 0.6 is 0 Å². The maximum atomic E-state index is 6.26. The zero-order chi connectivity index (χ0) is 18.1. The summed E-state index contributed by atoms with van der Waals surface area (Å²) in [5.74, 6) is 2.14. The van der Waals surface area contributed by atoms with Gasteiger partial charge in [0.05, 0.1) is 11.0 Å². The molecule has 0 atom stereocenters. The quantitative estimate of drug-likeness (QED) is 0.575. The van der Waals surface area contributed by atoms with Crippen LogP contribution in [0, 0.1) is 5.92 Å². The number of anilines is 1. The first-order valence-corrected chi connectivity index (χ1v) is 9.20. The third kappa shape index (κ3) is 3.03. The van der Waals surface area contributed by atoms with Crippen LogP contribution in [0.4, 0.5) is 5.82 Å². The van der Waals surface area contributed by atoms with Crippen molar-refractivity contribution in [2.45, 2.75) is 33.2 Å². The highest BCUT2D eigenvalue weighted by Crippen LogP contribution is 2.29. The zero-order valence-electron chi connectivity index (χ0n) is 15.3. The number of fused-ring (bicyclic) bond motifs is 3. The van der Waals surface area contributed by atoms with E-state index in [0.717, 1.165) is 47.1 Å². The highest BCUT2D eigenvalue weighted by Gasteiger charge is 2.17. The van der Waals surface area contributed by atoms with E-state index in [9.17, 15) is 0 Å². The van der Waals surface area contributed by atoms with Crippen molar-refractivity contribution in [3.8, 4) is 0 Å². The van der Waals surface area contributed by atoms with Gasteiger partial charge >= 0.3 is 0 Å². The van der Waals surface area contributed by atoms with Gasteiger partial charge in [0.2, 0.25) is 0 Å². The Morgan fingerprint density at radius 1 is 0.962 bits per heavy atom. The van der Waals surface area contributed by atoms with Crippen molar-refractivity contribution in [3.05, 3.63) is 66.0 Å². The SMILES string of the molecule is CC(C)Cc1nc2c(N)nc3ccccc3c2n1CCc1ccccc1. The summed E-state index contributed by atoms with van der Waals surface area (Å²) in [4.78, 5) is 9.45. The highest BCUT2D eigenvalue weighted by atomic mass is 15.1. The number of hydrogen-bond acceptors (Lipinski definition) is 3. The normalized spacial score (nSPS) is 11.7. The predicted molar refractivity (Wildman–Crippen MR) is 108 cm³/mol. The number of pyridine rings is 1. The molecule has 26 heavy (non-hydrogen) atoms. The molecule has 4 aromatic rings. The van der Waals surface area contributed by atoms with Gasteiger partial charge in [-0.1, -0.05) is 62.4 Å². The van der Waals surface area contributed by atoms with Crippen LogP contribution < -0.4 is 5.73 Å². The van der Waals surface area contributed by atoms with Crippen LogP contribution in [-0.2, 0) is 19.4 Å². The fraction of sp³-hybridized carbons (Fsp3) is 0.273. The maximum Gasteiger partial charge on any atom is 0.152 e. The van der Waals surface area contributed by atoms with Gasteiger partial charge in [-0.2, -0.15) is 0 Å². The molecule has 0 spiro atoms. The van der Waals surface area contributed by atoms with E-state index >= 15 is 0 Å². The number of aromatic nitrogens is 3. The Balaban J connectivity index is 1.89. The Morgan fingerprint density at radius 3 is 2.46 bits per heavy atom. The van der Waals surface area contributed by atoms with Gasteiger partial charge < -0.3 is 10.3 Å². The lowest BCUT2D eigenvalue weighted by Gasteiger charge is -2.12. The molecule has 0 saturated carbocycles. The third-order valence-corrected chi connectivity index (χ3v) is 4.75. The van der Waals surface area contributed by atoms with E-state index in [1.54, 1.807) is 0 Å². The zero-order valence-corrected chi connectivity index (χ0v) is 15.3. The first kappa shape index (κ1) is 16.6. The van der Waals surface area contributed by atoms with E-state index in [0.29, 0.717) is 11.7 Å². The summed E-state index contributed by atoms with van der Waals surface area (Å²) in [5, 5.41) is 1.12. The Morgan fingerprint density at radius 2 is 1.69 bits per heavy atom. The molecule has 0 unspecified atom stereocenters. The first-order valence-electron chi connectivity index (χ1n) is 9.20. The van der Waals surface area contributed by atoms with Crippen molar-refractivity contribution in [1.29, 1.82) is 0 Å². The Labute approximate surface area is 153 Å². The van der Waals surface area contributed by atoms with Crippen LogP contribution in [0.15, 0.2) is 54.6 Å². The molecule has 0 aliphatic rings. The number of nitrogens with zero attached hydrogens (tertiary/aromatic N) is 3. The van der Waals surface area contributed by atoms with Gasteiger partial charge in [-0.15, -0.1) is 0 Å². The van der Waals surface area contributed by atoms with Gasteiger partial charge in [-0.25, -0.2) is 9.97 Å². The molecular formula is C22H24N4. The molecule has 2 aromatic carbocycles. The summed E-state index contributed by atoms with van der Waals surface area (Å²) in [5.41, 5.74) is 10.4. The van der Waals surface area contributed by atoms with Crippen LogP contribution in [0.1, 0.15) is 25.2 Å². The van der Waals surface area contributed by atoms with Crippen LogP contribution in [0.5, 0.6) is 0 Å². The molecule has 0 radical (unpaired) electrons. The third-order valence-electron chi connectivity index (χ3n) is 4.75. The number of nitrogens with two attached hydrogens (primary N) is 1. The Bertz CT molecular complexity index is 1050. The number of rotatable bonds is 5. The predicted octanol–water partition coefficient (Wildman–Crippen LogP) is 4.61. The minimum Gasteiger partial charge on any atom is -0.382 e. The molecule has 132 valence electrons. The van der Waals surface area contributed by atoms with Crippen molar-refractivity contribution >= 4 is 27.8 Å². The minimum absolute atomic E-state index is 0.516. The lowest BCUT2D eigenvalue weighted by Crippen LogP contribution is -2.09. The molecule has 4 rings (SSSR count). The van der Waals surface area contributed by atoms with E-state index in [1.165, 1.54) is 5.56 Å². The fourth-order valence-electron chi connectivity index (χ4n) is 3.55. The van der Waals surface area contributed by atoms with E-state index < -0.39 is 0 Å². The van der Waals surface area contributed by atoms with Crippen LogP contribution in [0.25, 0.3) is 21.9 Å². The van der Waals surface area contributed by atoms with Crippen LogP contribution in [0.3, 0.4) is 0 Å². The molecule has 0 aliphatic carbocycles. The standard InChI is InChI=1S/C22H24N4/c1-15(2)14-19-25-20-21(17-10-6-7-11-18(17)24-22(20)23)26(19)13-12-16-8-4-3-5-9-16/h3-11,15H,12-14H2,1-2H3,(H2,23,24). The van der Waals surface area contributed by atoms with Gasteiger partial charge in [0, 0.05) is 18.4 Å². The second-order valence-electron chi connectivity index (χ2n) is 7.22. The van der Waals surface area contributed by atoms with Crippen molar-refractivity contribution in [2.75, 3.05) is 5.73 Å². The molecular weight excluding hydrogens is 320 g/mol. The van der Waals surface area contributed by atoms with E-state index in [2.05, 4.69) is 65.9 Å². The number of nitrogen functional groups attached to an aromatic ring is 1. The van der Waals surface area contributed by atoms with E-state index in [4.69, 9.17) is 10.7 Å². The molecule has 2 N–H and O–H groups in total. The fourth-order valence-corrected chi connectivity index (χ4v) is 3.55. The van der Waals surface area contributed by atoms with Crippen LogP contribution in [0.2, 0.25) is 0 Å². The highest BCUT2D eigenvalue weighted by molar-refractivity contribution is 6.06. The Kier molecular flexibility index (Phi) is 4.33. The number of imidazole rings is 1. The largest absolute Gasteiger partial charge is 0.382 e. The van der Waals surface area contributed by atoms with E-state index in [-0.39, 0.29) is 0 Å². The van der Waals surface area contributed by atoms with Crippen molar-refractivity contribution in [1.82, 2.24) is 14.5 Å².